The van der Waals surface area contributed by atoms with E-state index in [4.69, 9.17) is 0 Å². The van der Waals surface area contributed by atoms with Crippen LogP contribution in [0.3, 0.4) is 0 Å². The summed E-state index contributed by atoms with van der Waals surface area (Å²) in [5, 5.41) is 0. The lowest BCUT2D eigenvalue weighted by atomic mass is 9.87. The second-order valence-corrected chi connectivity index (χ2v) is 6.96. The molecule has 2 aliphatic heterocycles. The Morgan fingerprint density at radius 1 is 1.04 bits per heavy atom. The number of hydrogen-bond acceptors (Lipinski definition) is 2. The summed E-state index contributed by atoms with van der Waals surface area (Å²) in [6, 6.07) is 10.4. The first kappa shape index (κ1) is 18.9. The first-order valence-corrected chi connectivity index (χ1v) is 9.43. The normalized spacial score (nSPS) is 18.3. The van der Waals surface area contributed by atoms with E-state index >= 15 is 0 Å². The molecule has 0 unspecified atom stereocenters. The van der Waals surface area contributed by atoms with Gasteiger partial charge in [-0.05, 0) is 54.8 Å². The summed E-state index contributed by atoms with van der Waals surface area (Å²) in [4.78, 5) is 4.54. The molecule has 0 N–H and O–H groups in total. The van der Waals surface area contributed by atoms with Crippen LogP contribution in [0.5, 0.6) is 0 Å². The van der Waals surface area contributed by atoms with Crippen molar-refractivity contribution in [3.8, 4) is 0 Å². The number of hydrogen-bond donors (Lipinski definition) is 0. The van der Waals surface area contributed by atoms with Crippen LogP contribution in [0, 0.1) is 0 Å². The molecule has 2 heteroatoms. The Morgan fingerprint density at radius 3 is 2.37 bits per heavy atom. The zero-order valence-electron chi connectivity index (χ0n) is 16.2. The number of nitrogens with zero attached hydrogens (tertiary/aromatic N) is 2. The van der Waals surface area contributed by atoms with Crippen LogP contribution in [-0.2, 0) is 0 Å². The van der Waals surface area contributed by atoms with Crippen molar-refractivity contribution in [1.82, 2.24) is 4.90 Å². The third kappa shape index (κ3) is 4.29. The molecule has 0 atom stereocenters. The third-order valence-corrected chi connectivity index (χ3v) is 5.11. The molecule has 27 heavy (non-hydrogen) atoms. The minimum absolute atomic E-state index is 0.963. The second-order valence-electron chi connectivity index (χ2n) is 6.96. The van der Waals surface area contributed by atoms with Crippen LogP contribution >= 0.6 is 0 Å². The molecule has 0 aliphatic carbocycles. The molecule has 0 spiro atoms. The van der Waals surface area contributed by atoms with Crippen LogP contribution in [-0.4, -0.2) is 25.0 Å². The standard InChI is InChI=1S/C25H28N2/c1-5-10-21(6-2)25(22-15-17-26(4)18-16-22)23-14-13-20(3)27(19-23)24-11-8-7-9-12-24/h5-14,19H,1-3,15-18H2,4H3/b21-10+. The lowest BCUT2D eigenvalue weighted by Gasteiger charge is -2.30. The van der Waals surface area contributed by atoms with E-state index in [1.165, 1.54) is 16.7 Å². The number of allylic oxidation sites excluding steroid dienone is 8. The van der Waals surface area contributed by atoms with E-state index in [1.54, 1.807) is 0 Å². The fourth-order valence-electron chi connectivity index (χ4n) is 3.60. The summed E-state index contributed by atoms with van der Waals surface area (Å²) in [6.07, 6.45) is 14.4. The van der Waals surface area contributed by atoms with Gasteiger partial charge in [0.1, 0.15) is 0 Å². The van der Waals surface area contributed by atoms with Gasteiger partial charge in [-0.2, -0.15) is 0 Å². The highest BCUT2D eigenvalue weighted by Gasteiger charge is 2.20. The average Bonchev–Trinajstić information content (AvgIpc) is 2.70. The summed E-state index contributed by atoms with van der Waals surface area (Å²) in [7, 11) is 2.19. The van der Waals surface area contributed by atoms with E-state index in [0.29, 0.717) is 0 Å². The van der Waals surface area contributed by atoms with Crippen molar-refractivity contribution in [3.05, 3.63) is 115 Å². The fourth-order valence-corrected chi connectivity index (χ4v) is 3.60. The summed E-state index contributed by atoms with van der Waals surface area (Å²) in [5.74, 6) is 0. The van der Waals surface area contributed by atoms with Gasteiger partial charge in [-0.3, -0.25) is 0 Å². The van der Waals surface area contributed by atoms with Crippen molar-refractivity contribution in [2.45, 2.75) is 12.8 Å². The molecule has 1 saturated heterocycles. The van der Waals surface area contributed by atoms with E-state index in [-0.39, 0.29) is 0 Å². The maximum Gasteiger partial charge on any atom is 0.0455 e. The van der Waals surface area contributed by atoms with Gasteiger partial charge in [0, 0.05) is 30.7 Å². The number of rotatable bonds is 5. The molecule has 2 nitrogen and oxygen atoms in total. The fraction of sp³-hybridized carbons (Fsp3) is 0.200. The Labute approximate surface area is 163 Å². The maximum absolute atomic E-state index is 4.21. The summed E-state index contributed by atoms with van der Waals surface area (Å²) in [5.41, 5.74) is 7.16. The van der Waals surface area contributed by atoms with E-state index in [9.17, 15) is 0 Å². The van der Waals surface area contributed by atoms with Crippen LogP contribution in [0.25, 0.3) is 0 Å². The van der Waals surface area contributed by atoms with Crippen molar-refractivity contribution < 1.29 is 0 Å². The van der Waals surface area contributed by atoms with Gasteiger partial charge < -0.3 is 9.80 Å². The Morgan fingerprint density at radius 2 is 1.74 bits per heavy atom. The summed E-state index contributed by atoms with van der Waals surface area (Å²) in [6.45, 7) is 14.3. The number of benzene rings is 1. The lowest BCUT2D eigenvalue weighted by Crippen LogP contribution is -2.27. The molecular weight excluding hydrogens is 328 g/mol. The topological polar surface area (TPSA) is 6.48 Å². The first-order valence-electron chi connectivity index (χ1n) is 9.43. The Bertz CT molecular complexity index is 840. The molecule has 0 saturated carbocycles. The molecule has 1 aromatic rings. The Kier molecular flexibility index (Phi) is 6.10. The summed E-state index contributed by atoms with van der Waals surface area (Å²) >= 11 is 0. The Balaban J connectivity index is 2.09. The number of likely N-dealkylation sites (tertiary alicyclic amines) is 1. The highest BCUT2D eigenvalue weighted by atomic mass is 15.1. The number of para-hydroxylation sites is 1. The molecule has 1 aromatic carbocycles. The molecule has 138 valence electrons. The van der Waals surface area contributed by atoms with Gasteiger partial charge in [0.15, 0.2) is 0 Å². The van der Waals surface area contributed by atoms with Crippen molar-refractivity contribution >= 4 is 5.69 Å². The van der Waals surface area contributed by atoms with Crippen LogP contribution in [0.15, 0.2) is 115 Å². The van der Waals surface area contributed by atoms with E-state index < -0.39 is 0 Å². The van der Waals surface area contributed by atoms with Gasteiger partial charge >= 0.3 is 0 Å². The predicted octanol–water partition coefficient (Wildman–Crippen LogP) is 5.78. The molecule has 0 amide bonds. The smallest absolute Gasteiger partial charge is 0.0455 e. The largest absolute Gasteiger partial charge is 0.317 e. The predicted molar refractivity (Wildman–Crippen MR) is 118 cm³/mol. The Hall–Kier alpha value is -2.84. The van der Waals surface area contributed by atoms with Gasteiger partial charge in [0.25, 0.3) is 0 Å². The van der Waals surface area contributed by atoms with Gasteiger partial charge in [-0.25, -0.2) is 0 Å². The minimum Gasteiger partial charge on any atom is -0.317 e. The molecule has 2 heterocycles. The van der Waals surface area contributed by atoms with E-state index in [1.807, 2.05) is 18.2 Å². The minimum atomic E-state index is 0.963. The summed E-state index contributed by atoms with van der Waals surface area (Å²) < 4.78 is 0. The maximum atomic E-state index is 4.21. The monoisotopic (exact) mass is 356 g/mol. The molecular formula is C25H28N2. The average molecular weight is 357 g/mol. The lowest BCUT2D eigenvalue weighted by molar-refractivity contribution is 0.311. The van der Waals surface area contributed by atoms with Crippen LogP contribution < -0.4 is 4.90 Å². The highest BCUT2D eigenvalue weighted by Crippen LogP contribution is 2.34. The molecule has 1 fully saturated rings. The van der Waals surface area contributed by atoms with Gasteiger partial charge in [0.05, 0.1) is 0 Å². The zero-order valence-corrected chi connectivity index (χ0v) is 16.2. The molecule has 0 radical (unpaired) electrons. The highest BCUT2D eigenvalue weighted by molar-refractivity contribution is 5.67. The number of piperidine rings is 1. The molecule has 0 bridgehead atoms. The van der Waals surface area contributed by atoms with Gasteiger partial charge in [0.2, 0.25) is 0 Å². The van der Waals surface area contributed by atoms with Crippen LogP contribution in [0.1, 0.15) is 12.8 Å². The van der Waals surface area contributed by atoms with Gasteiger partial charge in [-0.15, -0.1) is 0 Å². The second kappa shape index (κ2) is 8.70. The SMILES string of the molecule is C=C/C=C(\C=C)C(C1=CN(c2ccccc2)C(=C)C=C1)=C1CCN(C)CC1. The van der Waals surface area contributed by atoms with Crippen molar-refractivity contribution in [3.63, 3.8) is 0 Å². The van der Waals surface area contributed by atoms with Crippen LogP contribution in [0.2, 0.25) is 0 Å². The van der Waals surface area contributed by atoms with Crippen molar-refractivity contribution in [2.75, 3.05) is 25.0 Å². The third-order valence-electron chi connectivity index (χ3n) is 5.11. The quantitative estimate of drug-likeness (QED) is 0.617. The van der Waals surface area contributed by atoms with Crippen LogP contribution in [0.4, 0.5) is 5.69 Å². The van der Waals surface area contributed by atoms with Crippen molar-refractivity contribution in [1.29, 1.82) is 0 Å². The molecule has 0 aromatic heterocycles. The van der Waals surface area contributed by atoms with E-state index in [0.717, 1.165) is 42.9 Å². The zero-order chi connectivity index (χ0) is 19.2. The molecule has 3 rings (SSSR count). The first-order chi connectivity index (χ1) is 13.1. The molecule has 2 aliphatic rings. The number of anilines is 1. The van der Waals surface area contributed by atoms with Gasteiger partial charge in [-0.1, -0.05) is 67.8 Å². The van der Waals surface area contributed by atoms with Crippen molar-refractivity contribution in [2.24, 2.45) is 0 Å². The van der Waals surface area contributed by atoms with E-state index in [2.05, 4.69) is 85.3 Å².